The van der Waals surface area contributed by atoms with Gasteiger partial charge in [-0.2, -0.15) is 0 Å². The van der Waals surface area contributed by atoms with Gasteiger partial charge in [0.25, 0.3) is 0 Å². The minimum atomic E-state index is -1.17. The molecule has 0 aromatic carbocycles. The van der Waals surface area contributed by atoms with E-state index in [9.17, 15) is 20.1 Å². The van der Waals surface area contributed by atoms with Crippen LogP contribution in [0.15, 0.2) is 48.6 Å². The normalized spacial score (nSPS) is 13.8. The Labute approximate surface area is 355 Å². The summed E-state index contributed by atoms with van der Waals surface area (Å²) in [4.78, 5) is 12.5. The van der Waals surface area contributed by atoms with Crippen LogP contribution in [-0.4, -0.2) is 46.1 Å². The highest BCUT2D eigenvalue weighted by Gasteiger charge is 2.26. The Hall–Kier alpha value is -1.69. The molecular formula is C52H97NO4. The first-order valence-corrected chi connectivity index (χ1v) is 24.9. The van der Waals surface area contributed by atoms with Crippen LogP contribution in [0.1, 0.15) is 251 Å². The lowest BCUT2D eigenvalue weighted by Gasteiger charge is -2.26. The van der Waals surface area contributed by atoms with E-state index in [0.717, 1.165) is 57.8 Å². The summed E-state index contributed by atoms with van der Waals surface area (Å²) in [5, 5.41) is 33.6. The van der Waals surface area contributed by atoms with Crippen molar-refractivity contribution in [3.63, 3.8) is 0 Å². The van der Waals surface area contributed by atoms with Crippen LogP contribution in [0.2, 0.25) is 0 Å². The molecule has 5 nitrogen and oxygen atoms in total. The molecule has 0 rings (SSSR count). The number of carbonyl (C=O) groups excluding carboxylic acids is 1. The largest absolute Gasteiger partial charge is 0.394 e. The molecule has 1 amide bonds. The highest BCUT2D eigenvalue weighted by atomic mass is 16.3. The second-order valence-corrected chi connectivity index (χ2v) is 17.0. The van der Waals surface area contributed by atoms with Gasteiger partial charge in [-0.15, -0.1) is 0 Å². The zero-order chi connectivity index (χ0) is 41.5. The third kappa shape index (κ3) is 42.2. The fraction of sp³-hybridized carbons (Fsp3) is 0.827. The molecule has 0 aliphatic rings. The maximum atomic E-state index is 12.5. The third-order valence-corrected chi connectivity index (χ3v) is 11.4. The predicted molar refractivity (Wildman–Crippen MR) is 250 cm³/mol. The Morgan fingerprint density at radius 1 is 0.439 bits per heavy atom. The van der Waals surface area contributed by atoms with E-state index in [1.54, 1.807) is 0 Å². The first kappa shape index (κ1) is 55.3. The molecule has 0 spiro atoms. The van der Waals surface area contributed by atoms with Crippen LogP contribution >= 0.6 is 0 Å². The number of rotatable bonds is 45. The zero-order valence-electron chi connectivity index (χ0n) is 38.0. The summed E-state index contributed by atoms with van der Waals surface area (Å²) >= 11 is 0. The number of hydrogen-bond donors (Lipinski definition) is 4. The lowest BCUT2D eigenvalue weighted by atomic mass is 10.0. The molecular weight excluding hydrogens is 703 g/mol. The van der Waals surface area contributed by atoms with Gasteiger partial charge in [0.15, 0.2) is 0 Å². The van der Waals surface area contributed by atoms with Crippen molar-refractivity contribution in [2.24, 2.45) is 0 Å². The number of amides is 1. The molecule has 0 saturated heterocycles. The fourth-order valence-corrected chi connectivity index (χ4v) is 7.50. The third-order valence-electron chi connectivity index (χ3n) is 11.4. The van der Waals surface area contributed by atoms with Gasteiger partial charge in [0.05, 0.1) is 18.8 Å². The van der Waals surface area contributed by atoms with Crippen LogP contribution in [0, 0.1) is 0 Å². The molecule has 4 N–H and O–H groups in total. The summed E-state index contributed by atoms with van der Waals surface area (Å²) in [5.74, 6) is -0.166. The molecule has 57 heavy (non-hydrogen) atoms. The van der Waals surface area contributed by atoms with Crippen LogP contribution in [0.5, 0.6) is 0 Å². The van der Waals surface area contributed by atoms with Crippen molar-refractivity contribution in [2.45, 2.75) is 270 Å². The number of aliphatic hydroxyl groups excluding tert-OH is 3. The lowest BCUT2D eigenvalue weighted by Crippen LogP contribution is -2.50. The van der Waals surface area contributed by atoms with E-state index in [1.165, 1.54) is 167 Å². The van der Waals surface area contributed by atoms with E-state index in [1.807, 2.05) is 0 Å². The standard InChI is InChI=1S/C52H97NO4/c1-3-5-7-9-11-13-15-17-19-21-23-25-26-27-29-31-33-35-37-39-41-43-45-47-51(56)53-49(48-54)52(57)50(55)46-44-42-40-38-36-34-32-30-28-24-22-20-18-16-14-12-10-8-6-4-2/h23,25,27,29-30,32,38,40,49-50,52,54-55,57H,3-22,24,26,28,31,33-37,39,41-48H2,1-2H3,(H,53,56)/b25-23-,29-27-,32-30+,40-38+. The minimum absolute atomic E-state index is 0.166. The van der Waals surface area contributed by atoms with Crippen molar-refractivity contribution in [3.05, 3.63) is 48.6 Å². The number of unbranched alkanes of at least 4 members (excludes halogenated alkanes) is 29. The Balaban J connectivity index is 3.68. The predicted octanol–water partition coefficient (Wildman–Crippen LogP) is 14.9. The lowest BCUT2D eigenvalue weighted by molar-refractivity contribution is -0.124. The average molecular weight is 800 g/mol. The van der Waals surface area contributed by atoms with Crippen molar-refractivity contribution < 1.29 is 20.1 Å². The van der Waals surface area contributed by atoms with Gasteiger partial charge in [0.2, 0.25) is 5.91 Å². The van der Waals surface area contributed by atoms with Gasteiger partial charge in [0, 0.05) is 6.42 Å². The highest BCUT2D eigenvalue weighted by molar-refractivity contribution is 5.76. The number of carbonyl (C=O) groups is 1. The molecule has 334 valence electrons. The van der Waals surface area contributed by atoms with Crippen LogP contribution in [0.3, 0.4) is 0 Å². The van der Waals surface area contributed by atoms with Crippen LogP contribution < -0.4 is 5.32 Å². The highest BCUT2D eigenvalue weighted by Crippen LogP contribution is 2.15. The van der Waals surface area contributed by atoms with E-state index in [0.29, 0.717) is 12.8 Å². The minimum Gasteiger partial charge on any atom is -0.394 e. The molecule has 0 bridgehead atoms. The molecule has 0 fully saturated rings. The van der Waals surface area contributed by atoms with Gasteiger partial charge in [-0.1, -0.05) is 210 Å². The van der Waals surface area contributed by atoms with Gasteiger partial charge >= 0.3 is 0 Å². The molecule has 3 unspecified atom stereocenters. The van der Waals surface area contributed by atoms with Gasteiger partial charge in [-0.25, -0.2) is 0 Å². The van der Waals surface area contributed by atoms with E-state index >= 15 is 0 Å². The summed E-state index contributed by atoms with van der Waals surface area (Å²) in [6.07, 6.45) is 60.9. The summed E-state index contributed by atoms with van der Waals surface area (Å²) in [7, 11) is 0. The van der Waals surface area contributed by atoms with E-state index in [-0.39, 0.29) is 12.5 Å². The quantitative estimate of drug-likeness (QED) is 0.0365. The number of aliphatic hydroxyl groups is 3. The van der Waals surface area contributed by atoms with Crippen molar-refractivity contribution in [1.82, 2.24) is 5.32 Å². The molecule has 3 atom stereocenters. The maximum absolute atomic E-state index is 12.5. The second kappa shape index (κ2) is 47.0. The van der Waals surface area contributed by atoms with Crippen molar-refractivity contribution in [2.75, 3.05) is 6.61 Å². The molecule has 0 saturated carbocycles. The van der Waals surface area contributed by atoms with E-state index in [2.05, 4.69) is 67.8 Å². The Bertz CT molecular complexity index is 927. The number of nitrogens with one attached hydrogen (secondary N) is 1. The Morgan fingerprint density at radius 3 is 1.18 bits per heavy atom. The first-order valence-electron chi connectivity index (χ1n) is 24.9. The van der Waals surface area contributed by atoms with Crippen molar-refractivity contribution >= 4 is 5.91 Å². The molecule has 0 radical (unpaired) electrons. The van der Waals surface area contributed by atoms with Gasteiger partial charge in [-0.05, 0) is 83.5 Å². The second-order valence-electron chi connectivity index (χ2n) is 17.0. The number of hydrogen-bond acceptors (Lipinski definition) is 4. The van der Waals surface area contributed by atoms with E-state index in [4.69, 9.17) is 0 Å². The van der Waals surface area contributed by atoms with Crippen LogP contribution in [0.4, 0.5) is 0 Å². The Kier molecular flexibility index (Phi) is 45.6. The molecule has 0 heterocycles. The fourth-order valence-electron chi connectivity index (χ4n) is 7.50. The van der Waals surface area contributed by atoms with Gasteiger partial charge in [0.1, 0.15) is 6.10 Å². The summed E-state index contributed by atoms with van der Waals surface area (Å²) in [6.45, 7) is 4.17. The molecule has 0 aromatic heterocycles. The topological polar surface area (TPSA) is 89.8 Å². The van der Waals surface area contributed by atoms with E-state index < -0.39 is 18.2 Å². The zero-order valence-corrected chi connectivity index (χ0v) is 38.0. The van der Waals surface area contributed by atoms with Gasteiger partial charge < -0.3 is 20.6 Å². The smallest absolute Gasteiger partial charge is 0.220 e. The molecule has 0 aliphatic carbocycles. The summed E-state index contributed by atoms with van der Waals surface area (Å²) < 4.78 is 0. The summed E-state index contributed by atoms with van der Waals surface area (Å²) in [6, 6.07) is -0.838. The van der Waals surface area contributed by atoms with Crippen LogP contribution in [0.25, 0.3) is 0 Å². The van der Waals surface area contributed by atoms with Crippen molar-refractivity contribution in [3.8, 4) is 0 Å². The maximum Gasteiger partial charge on any atom is 0.220 e. The molecule has 0 aliphatic heterocycles. The molecule has 5 heteroatoms. The average Bonchev–Trinajstić information content (AvgIpc) is 3.22. The first-order chi connectivity index (χ1) is 28.1. The SMILES string of the molecule is CCCCCCCCCCC/C=C\C/C=C\CCCCCCCCCC(=O)NC(CO)C(O)C(O)CCC/C=C/CC/C=C/CCCCCCCCCCCCC. The van der Waals surface area contributed by atoms with Crippen LogP contribution in [-0.2, 0) is 4.79 Å². The Morgan fingerprint density at radius 2 is 0.772 bits per heavy atom. The monoisotopic (exact) mass is 800 g/mol. The van der Waals surface area contributed by atoms with Crippen molar-refractivity contribution in [1.29, 1.82) is 0 Å². The summed E-state index contributed by atoms with van der Waals surface area (Å²) in [5.41, 5.74) is 0. The molecule has 0 aromatic rings. The van der Waals surface area contributed by atoms with Gasteiger partial charge in [-0.3, -0.25) is 4.79 Å². The number of allylic oxidation sites excluding steroid dienone is 8.